The minimum absolute atomic E-state index is 0.0403. The third-order valence-corrected chi connectivity index (χ3v) is 3.92. The summed E-state index contributed by atoms with van der Waals surface area (Å²) in [6.07, 6.45) is 2.15. The third kappa shape index (κ3) is 7.10. The van der Waals surface area contributed by atoms with Crippen LogP contribution in [0.4, 0.5) is 5.69 Å². The summed E-state index contributed by atoms with van der Waals surface area (Å²) in [5, 5.41) is 5.50. The zero-order chi connectivity index (χ0) is 21.7. The molecule has 1 heterocycles. The molecule has 2 rings (SSSR count). The van der Waals surface area contributed by atoms with E-state index in [1.165, 1.54) is 18.4 Å². The van der Waals surface area contributed by atoms with Gasteiger partial charge in [0.2, 0.25) is 0 Å². The van der Waals surface area contributed by atoms with Gasteiger partial charge in [-0.15, -0.1) is 0 Å². The highest BCUT2D eigenvalue weighted by molar-refractivity contribution is 6.06. The van der Waals surface area contributed by atoms with Gasteiger partial charge in [-0.2, -0.15) is 0 Å². The molecule has 0 aliphatic rings. The van der Waals surface area contributed by atoms with Gasteiger partial charge in [0, 0.05) is 5.54 Å². The first kappa shape index (κ1) is 22.2. The molecule has 156 valence electrons. The molecule has 29 heavy (non-hydrogen) atoms. The molecule has 2 N–H and O–H groups in total. The lowest BCUT2D eigenvalue weighted by Gasteiger charge is -2.33. The van der Waals surface area contributed by atoms with Crippen LogP contribution >= 0.6 is 0 Å². The number of nitrogens with one attached hydrogen (secondary N) is 2. The Morgan fingerprint density at radius 2 is 1.69 bits per heavy atom. The maximum absolute atomic E-state index is 12.5. The van der Waals surface area contributed by atoms with Gasteiger partial charge < -0.3 is 19.8 Å². The molecule has 0 bridgehead atoms. The number of anilines is 1. The number of carbonyl (C=O) groups is 3. The Balaban J connectivity index is 1.97. The van der Waals surface area contributed by atoms with Crippen molar-refractivity contribution in [2.75, 3.05) is 11.9 Å². The topological polar surface area (TPSA) is 97.6 Å². The highest BCUT2D eigenvalue weighted by atomic mass is 16.5. The number of para-hydroxylation sites is 1. The summed E-state index contributed by atoms with van der Waals surface area (Å²) in [7, 11) is 0. The first-order valence-electron chi connectivity index (χ1n) is 9.39. The Morgan fingerprint density at radius 3 is 2.31 bits per heavy atom. The molecule has 2 aromatic rings. The molecule has 0 saturated heterocycles. The average molecular weight is 400 g/mol. The Bertz CT molecular complexity index is 864. The van der Waals surface area contributed by atoms with E-state index in [1.807, 2.05) is 13.8 Å². The summed E-state index contributed by atoms with van der Waals surface area (Å²) in [4.78, 5) is 36.8. The first-order valence-corrected chi connectivity index (χ1v) is 9.39. The third-order valence-electron chi connectivity index (χ3n) is 3.92. The monoisotopic (exact) mass is 400 g/mol. The second kappa shape index (κ2) is 8.94. The number of hydrogen-bond acceptors (Lipinski definition) is 5. The van der Waals surface area contributed by atoms with Crippen LogP contribution in [0.25, 0.3) is 0 Å². The smallest absolute Gasteiger partial charge is 0.340 e. The van der Waals surface area contributed by atoms with E-state index < -0.39 is 24.0 Å². The molecular formula is C22H28N2O5. The minimum Gasteiger partial charge on any atom is -0.459 e. The molecule has 0 aliphatic heterocycles. The number of rotatable bonds is 7. The lowest BCUT2D eigenvalue weighted by molar-refractivity contribution is -0.126. The van der Waals surface area contributed by atoms with Gasteiger partial charge in [0.1, 0.15) is 0 Å². The maximum atomic E-state index is 12.5. The molecule has 1 aromatic carbocycles. The number of ether oxygens (including phenoxy) is 1. The molecule has 0 saturated carbocycles. The second-order valence-corrected chi connectivity index (χ2v) is 8.72. The summed E-state index contributed by atoms with van der Waals surface area (Å²) in [5.74, 6) is -1.46. The van der Waals surface area contributed by atoms with Crippen molar-refractivity contribution in [2.45, 2.75) is 46.6 Å². The van der Waals surface area contributed by atoms with Gasteiger partial charge in [0.05, 0.1) is 17.5 Å². The van der Waals surface area contributed by atoms with Crippen LogP contribution in [0.1, 0.15) is 62.0 Å². The van der Waals surface area contributed by atoms with E-state index in [4.69, 9.17) is 9.15 Å². The van der Waals surface area contributed by atoms with Gasteiger partial charge in [-0.1, -0.05) is 32.9 Å². The Labute approximate surface area is 170 Å². The lowest BCUT2D eigenvalue weighted by atomic mass is 9.82. The molecule has 7 nitrogen and oxygen atoms in total. The number of amides is 2. The van der Waals surface area contributed by atoms with Crippen LogP contribution in [0.15, 0.2) is 47.1 Å². The van der Waals surface area contributed by atoms with Gasteiger partial charge in [-0.25, -0.2) is 4.79 Å². The fourth-order valence-corrected chi connectivity index (χ4v) is 3.35. The molecule has 0 unspecified atom stereocenters. The van der Waals surface area contributed by atoms with Gasteiger partial charge in [-0.3, -0.25) is 9.59 Å². The molecule has 0 radical (unpaired) electrons. The normalized spacial score (nSPS) is 11.6. The minimum atomic E-state index is -0.705. The number of benzene rings is 1. The van der Waals surface area contributed by atoms with E-state index in [0.717, 1.165) is 6.42 Å². The van der Waals surface area contributed by atoms with Crippen molar-refractivity contribution in [3.05, 3.63) is 54.0 Å². The molecule has 2 amide bonds. The summed E-state index contributed by atoms with van der Waals surface area (Å²) in [6, 6.07) is 9.52. The average Bonchev–Trinajstić information content (AvgIpc) is 3.12. The molecule has 0 spiro atoms. The molecule has 0 atom stereocenters. The Morgan fingerprint density at radius 1 is 1.00 bits per heavy atom. The van der Waals surface area contributed by atoms with Crippen molar-refractivity contribution in [3.63, 3.8) is 0 Å². The van der Waals surface area contributed by atoms with E-state index in [-0.39, 0.29) is 28.3 Å². The summed E-state index contributed by atoms with van der Waals surface area (Å²) < 4.78 is 10.2. The Hall–Kier alpha value is -3.09. The first-order chi connectivity index (χ1) is 13.5. The van der Waals surface area contributed by atoms with Gasteiger partial charge in [-0.05, 0) is 49.9 Å². The van der Waals surface area contributed by atoms with Crippen molar-refractivity contribution in [3.8, 4) is 0 Å². The van der Waals surface area contributed by atoms with E-state index in [9.17, 15) is 14.4 Å². The number of carbonyl (C=O) groups excluding carboxylic acids is 3. The zero-order valence-electron chi connectivity index (χ0n) is 17.5. The maximum Gasteiger partial charge on any atom is 0.340 e. The van der Waals surface area contributed by atoms with Crippen LogP contribution in [0.2, 0.25) is 0 Å². The van der Waals surface area contributed by atoms with Crippen LogP contribution in [-0.2, 0) is 9.53 Å². The van der Waals surface area contributed by atoms with Gasteiger partial charge >= 0.3 is 5.97 Å². The largest absolute Gasteiger partial charge is 0.459 e. The fraction of sp³-hybridized carbons (Fsp3) is 0.409. The van der Waals surface area contributed by atoms with Crippen LogP contribution in [0.3, 0.4) is 0 Å². The van der Waals surface area contributed by atoms with E-state index in [2.05, 4.69) is 31.4 Å². The Kier molecular flexibility index (Phi) is 6.84. The van der Waals surface area contributed by atoms with Crippen LogP contribution in [-0.4, -0.2) is 29.9 Å². The van der Waals surface area contributed by atoms with Crippen molar-refractivity contribution >= 4 is 23.5 Å². The van der Waals surface area contributed by atoms with Crippen molar-refractivity contribution in [2.24, 2.45) is 5.41 Å². The summed E-state index contributed by atoms with van der Waals surface area (Å²) in [5.41, 5.74) is 0.0245. The van der Waals surface area contributed by atoms with Crippen LogP contribution in [0, 0.1) is 5.41 Å². The fourth-order valence-electron chi connectivity index (χ4n) is 3.35. The van der Waals surface area contributed by atoms with Crippen molar-refractivity contribution < 1.29 is 23.5 Å². The molecule has 0 aliphatic carbocycles. The predicted molar refractivity (Wildman–Crippen MR) is 110 cm³/mol. The SMILES string of the molecule is CC(C)(C)CC(C)(C)NC(=O)COC(=O)c1ccccc1NC(=O)c1ccco1. The molecule has 7 heteroatoms. The lowest BCUT2D eigenvalue weighted by Crippen LogP contribution is -2.47. The summed E-state index contributed by atoms with van der Waals surface area (Å²) >= 11 is 0. The van der Waals surface area contributed by atoms with Crippen LogP contribution < -0.4 is 10.6 Å². The van der Waals surface area contributed by atoms with E-state index in [1.54, 1.807) is 24.3 Å². The molecular weight excluding hydrogens is 372 g/mol. The van der Waals surface area contributed by atoms with Gasteiger partial charge in [0.25, 0.3) is 11.8 Å². The second-order valence-electron chi connectivity index (χ2n) is 8.72. The summed E-state index contributed by atoms with van der Waals surface area (Å²) in [6.45, 7) is 9.72. The van der Waals surface area contributed by atoms with Crippen LogP contribution in [0.5, 0.6) is 0 Å². The molecule has 1 aromatic heterocycles. The van der Waals surface area contributed by atoms with Gasteiger partial charge in [0.15, 0.2) is 12.4 Å². The van der Waals surface area contributed by atoms with Crippen molar-refractivity contribution in [1.29, 1.82) is 0 Å². The molecule has 0 fully saturated rings. The predicted octanol–water partition coefficient (Wildman–Crippen LogP) is 4.02. The standard InChI is InChI=1S/C22H28N2O5/c1-21(2,3)14-22(4,5)24-18(25)13-29-20(27)15-9-6-7-10-16(15)23-19(26)17-11-8-12-28-17/h6-12H,13-14H2,1-5H3,(H,23,26)(H,24,25). The quantitative estimate of drug-likeness (QED) is 0.684. The number of esters is 1. The number of furan rings is 1. The van der Waals surface area contributed by atoms with E-state index in [0.29, 0.717) is 0 Å². The van der Waals surface area contributed by atoms with Crippen molar-refractivity contribution in [1.82, 2.24) is 5.32 Å². The number of hydrogen-bond donors (Lipinski definition) is 2. The highest BCUT2D eigenvalue weighted by Crippen LogP contribution is 2.26. The highest BCUT2D eigenvalue weighted by Gasteiger charge is 2.27. The zero-order valence-corrected chi connectivity index (χ0v) is 17.5. The van der Waals surface area contributed by atoms with E-state index >= 15 is 0 Å².